The SMILES string of the molecule is [Zr+2].c1ccc2[cH-]c(C3CC3)cc2c1.c1ccc2[cH-]c(C3CC3)cc2c1. The van der Waals surface area contributed by atoms with Gasteiger partial charge in [-0.15, -0.1) is 81.2 Å². The molecule has 4 aromatic carbocycles. The fraction of sp³-hybridized carbons (Fsp3) is 0.250. The quantitative estimate of drug-likeness (QED) is 0.321. The van der Waals surface area contributed by atoms with Crippen LogP contribution in [0.4, 0.5) is 0 Å². The fourth-order valence-electron chi connectivity index (χ4n) is 3.65. The van der Waals surface area contributed by atoms with Crippen molar-refractivity contribution in [3.63, 3.8) is 0 Å². The van der Waals surface area contributed by atoms with E-state index in [1.165, 1.54) is 47.2 Å². The van der Waals surface area contributed by atoms with E-state index in [1.54, 1.807) is 11.1 Å². The molecular formula is C24H22Zr. The van der Waals surface area contributed by atoms with Gasteiger partial charge in [0.1, 0.15) is 0 Å². The third-order valence-corrected chi connectivity index (χ3v) is 5.38. The zero-order valence-electron chi connectivity index (χ0n) is 14.4. The molecule has 0 unspecified atom stereocenters. The average Bonchev–Trinajstić information content (AvgIpc) is 3.55. The zero-order valence-corrected chi connectivity index (χ0v) is 16.9. The number of hydrogen-bond acceptors (Lipinski definition) is 0. The number of rotatable bonds is 2. The van der Waals surface area contributed by atoms with Crippen molar-refractivity contribution in [2.75, 3.05) is 0 Å². The molecule has 4 aromatic rings. The van der Waals surface area contributed by atoms with Gasteiger partial charge in [-0.3, -0.25) is 0 Å². The Balaban J connectivity index is 0.000000121. The summed E-state index contributed by atoms with van der Waals surface area (Å²) in [4.78, 5) is 0. The van der Waals surface area contributed by atoms with Crippen LogP contribution in [0.5, 0.6) is 0 Å². The summed E-state index contributed by atoms with van der Waals surface area (Å²) < 4.78 is 0. The van der Waals surface area contributed by atoms with E-state index >= 15 is 0 Å². The molecule has 6 rings (SSSR count). The minimum Gasteiger partial charge on any atom is -0.165 e. The molecule has 25 heavy (non-hydrogen) atoms. The van der Waals surface area contributed by atoms with Crippen molar-refractivity contribution in [3.8, 4) is 0 Å². The molecule has 0 saturated heterocycles. The van der Waals surface area contributed by atoms with Gasteiger partial charge in [-0.1, -0.05) is 12.1 Å². The van der Waals surface area contributed by atoms with Gasteiger partial charge < -0.3 is 0 Å². The molecule has 0 heterocycles. The predicted octanol–water partition coefficient (Wildman–Crippen LogP) is 6.87. The Bertz CT molecular complexity index is 831. The summed E-state index contributed by atoms with van der Waals surface area (Å²) in [6.07, 6.45) is 5.60. The summed E-state index contributed by atoms with van der Waals surface area (Å²) in [5.41, 5.74) is 3.10. The van der Waals surface area contributed by atoms with Crippen LogP contribution in [0.15, 0.2) is 72.8 Å². The predicted molar refractivity (Wildman–Crippen MR) is 103 cm³/mol. The monoisotopic (exact) mass is 400 g/mol. The van der Waals surface area contributed by atoms with Crippen molar-refractivity contribution < 1.29 is 26.2 Å². The van der Waals surface area contributed by atoms with Crippen molar-refractivity contribution >= 4 is 21.5 Å². The van der Waals surface area contributed by atoms with Crippen LogP contribution < -0.4 is 0 Å². The van der Waals surface area contributed by atoms with Gasteiger partial charge >= 0.3 is 26.2 Å². The van der Waals surface area contributed by atoms with Crippen LogP contribution in [0.25, 0.3) is 21.5 Å². The molecule has 0 nitrogen and oxygen atoms in total. The summed E-state index contributed by atoms with van der Waals surface area (Å²) >= 11 is 0. The first-order chi connectivity index (χ1) is 11.9. The Morgan fingerprint density at radius 2 is 1.00 bits per heavy atom. The van der Waals surface area contributed by atoms with Crippen molar-refractivity contribution in [2.24, 2.45) is 0 Å². The summed E-state index contributed by atoms with van der Waals surface area (Å²) in [5, 5.41) is 5.61. The smallest absolute Gasteiger partial charge is 0.165 e. The maximum atomic E-state index is 2.34. The molecule has 0 aromatic heterocycles. The van der Waals surface area contributed by atoms with Gasteiger partial charge in [-0.25, -0.2) is 0 Å². The molecule has 122 valence electrons. The topological polar surface area (TPSA) is 0 Å². The first-order valence-corrected chi connectivity index (χ1v) is 9.17. The van der Waals surface area contributed by atoms with Crippen LogP contribution in [0.3, 0.4) is 0 Å². The van der Waals surface area contributed by atoms with Gasteiger partial charge in [-0.2, -0.15) is 12.1 Å². The summed E-state index contributed by atoms with van der Waals surface area (Å²) in [6, 6.07) is 26.6. The normalized spacial score (nSPS) is 16.3. The van der Waals surface area contributed by atoms with E-state index < -0.39 is 0 Å². The molecule has 0 atom stereocenters. The van der Waals surface area contributed by atoms with Gasteiger partial charge in [0.05, 0.1) is 0 Å². The summed E-state index contributed by atoms with van der Waals surface area (Å²) in [5.74, 6) is 1.77. The Kier molecular flexibility index (Phi) is 4.78. The second-order valence-electron chi connectivity index (χ2n) is 7.38. The van der Waals surface area contributed by atoms with Crippen molar-refractivity contribution in [2.45, 2.75) is 37.5 Å². The van der Waals surface area contributed by atoms with E-state index in [9.17, 15) is 0 Å². The van der Waals surface area contributed by atoms with E-state index in [0.717, 1.165) is 11.8 Å². The largest absolute Gasteiger partial charge is 2.00 e. The molecule has 2 aliphatic rings. The summed E-state index contributed by atoms with van der Waals surface area (Å²) in [7, 11) is 0. The van der Waals surface area contributed by atoms with Crippen LogP contribution in [0.1, 0.15) is 48.6 Å². The molecule has 1 heteroatoms. The van der Waals surface area contributed by atoms with Crippen molar-refractivity contribution in [3.05, 3.63) is 83.9 Å². The zero-order chi connectivity index (χ0) is 15.9. The maximum Gasteiger partial charge on any atom is 2.00 e. The molecule has 2 fully saturated rings. The number of hydrogen-bond donors (Lipinski definition) is 0. The van der Waals surface area contributed by atoms with Crippen LogP contribution in [-0.4, -0.2) is 0 Å². The fourth-order valence-corrected chi connectivity index (χ4v) is 3.65. The summed E-state index contributed by atoms with van der Waals surface area (Å²) in [6.45, 7) is 0. The molecule has 0 spiro atoms. The molecular weight excluding hydrogens is 379 g/mol. The van der Waals surface area contributed by atoms with Crippen molar-refractivity contribution in [1.82, 2.24) is 0 Å². The van der Waals surface area contributed by atoms with E-state index in [1.807, 2.05) is 0 Å². The van der Waals surface area contributed by atoms with Crippen LogP contribution >= 0.6 is 0 Å². The molecule has 0 radical (unpaired) electrons. The minimum atomic E-state index is 0. The number of fused-ring (bicyclic) bond motifs is 2. The van der Waals surface area contributed by atoms with E-state index in [-0.39, 0.29) is 26.2 Å². The molecule has 0 N–H and O–H groups in total. The Labute approximate surface area is 168 Å². The number of benzene rings is 2. The van der Waals surface area contributed by atoms with Gasteiger partial charge in [0.2, 0.25) is 0 Å². The van der Waals surface area contributed by atoms with Crippen LogP contribution in [-0.2, 0) is 26.2 Å². The average molecular weight is 402 g/mol. The van der Waals surface area contributed by atoms with Crippen LogP contribution in [0.2, 0.25) is 0 Å². The van der Waals surface area contributed by atoms with E-state index in [2.05, 4.69) is 72.8 Å². The standard InChI is InChI=1S/2C12H11.Zr/c2*1-2-4-11-8-12(9-5-6-9)7-10(11)3-1;/h2*1-4,7-9H,5-6H2;/q2*-1;+2. The first kappa shape index (κ1) is 17.0. The molecule has 0 bridgehead atoms. The molecule has 2 saturated carbocycles. The first-order valence-electron chi connectivity index (χ1n) is 9.17. The Morgan fingerprint density at radius 1 is 0.600 bits per heavy atom. The van der Waals surface area contributed by atoms with Gasteiger partial charge in [0.25, 0.3) is 0 Å². The maximum absolute atomic E-state index is 2.34. The van der Waals surface area contributed by atoms with Crippen LogP contribution in [0, 0.1) is 0 Å². The Morgan fingerprint density at radius 3 is 1.36 bits per heavy atom. The molecule has 0 aliphatic heterocycles. The molecule has 2 aliphatic carbocycles. The van der Waals surface area contributed by atoms with Crippen molar-refractivity contribution in [1.29, 1.82) is 0 Å². The second kappa shape index (κ2) is 7.04. The second-order valence-corrected chi connectivity index (χ2v) is 7.38. The third kappa shape index (κ3) is 3.72. The van der Waals surface area contributed by atoms with E-state index in [0.29, 0.717) is 0 Å². The van der Waals surface area contributed by atoms with Gasteiger partial charge in [0.15, 0.2) is 0 Å². The minimum absolute atomic E-state index is 0. The van der Waals surface area contributed by atoms with E-state index in [4.69, 9.17) is 0 Å². The van der Waals surface area contributed by atoms with Gasteiger partial charge in [0, 0.05) is 0 Å². The Hall–Kier alpha value is -1.46. The van der Waals surface area contributed by atoms with Gasteiger partial charge in [-0.05, 0) is 37.5 Å². The third-order valence-electron chi connectivity index (χ3n) is 5.38. The molecule has 0 amide bonds.